The minimum Gasteiger partial charge on any atom is -0.493 e. The quantitative estimate of drug-likeness (QED) is 0.917. The summed E-state index contributed by atoms with van der Waals surface area (Å²) in [6.07, 6.45) is 1.00. The highest BCUT2D eigenvalue weighted by molar-refractivity contribution is 5.85. The largest absolute Gasteiger partial charge is 0.493 e. The van der Waals surface area contributed by atoms with E-state index < -0.39 is 0 Å². The Morgan fingerprint density at radius 3 is 2.21 bits per heavy atom. The number of anilines is 1. The number of hydrogen-bond acceptors (Lipinski definition) is 4. The van der Waals surface area contributed by atoms with Gasteiger partial charge in [0.25, 0.3) is 0 Å². The van der Waals surface area contributed by atoms with Crippen LogP contribution in [0.1, 0.15) is 22.7 Å². The summed E-state index contributed by atoms with van der Waals surface area (Å²) in [5.41, 5.74) is 5.07. The smallest absolute Gasteiger partial charge is 0.161 e. The number of fused-ring (bicyclic) bond motifs is 1. The molecule has 0 amide bonds. The van der Waals surface area contributed by atoms with Crippen LogP contribution in [-0.4, -0.2) is 34.9 Å². The number of hydrogen-bond donors (Lipinski definition) is 1. The van der Waals surface area contributed by atoms with E-state index in [1.165, 1.54) is 22.4 Å². The Labute approximate surface area is 150 Å². The molecule has 5 heteroatoms. The zero-order chi connectivity index (χ0) is 16.4. The number of methoxy groups -OCH3 is 2. The summed E-state index contributed by atoms with van der Waals surface area (Å²) in [5, 5.41) is 3.62. The Hall–Kier alpha value is -1.91. The van der Waals surface area contributed by atoms with Crippen LogP contribution in [0.15, 0.2) is 36.4 Å². The summed E-state index contributed by atoms with van der Waals surface area (Å²) in [7, 11) is 7.48. The standard InChI is InChI=1S/C19H24N2O2.ClH/c1-21(2)15-7-5-13(6-8-15)19-16-12-18(23-4)17(22-3)11-14(16)9-10-20-19;/h5-8,11-12,19-20H,9-10H2,1-4H3;1H. The lowest BCUT2D eigenvalue weighted by molar-refractivity contribution is 0.353. The molecule has 0 spiro atoms. The zero-order valence-corrected chi connectivity index (χ0v) is 15.4. The molecule has 1 unspecified atom stereocenters. The van der Waals surface area contributed by atoms with E-state index in [4.69, 9.17) is 9.47 Å². The predicted octanol–water partition coefficient (Wildman–Crippen LogP) is 3.43. The van der Waals surface area contributed by atoms with Crippen LogP contribution in [0.5, 0.6) is 11.5 Å². The highest BCUT2D eigenvalue weighted by Crippen LogP contribution is 2.37. The predicted molar refractivity (Wildman–Crippen MR) is 101 cm³/mol. The van der Waals surface area contributed by atoms with Crippen LogP contribution in [0.2, 0.25) is 0 Å². The van der Waals surface area contributed by atoms with Crippen LogP contribution in [0.3, 0.4) is 0 Å². The van der Waals surface area contributed by atoms with Gasteiger partial charge >= 0.3 is 0 Å². The van der Waals surface area contributed by atoms with Gasteiger partial charge in [0.1, 0.15) is 0 Å². The summed E-state index contributed by atoms with van der Waals surface area (Å²) in [6, 6.07) is 13.1. The molecule has 4 nitrogen and oxygen atoms in total. The first-order chi connectivity index (χ1) is 11.1. The molecule has 2 aromatic carbocycles. The maximum atomic E-state index is 5.48. The Morgan fingerprint density at radius 2 is 1.62 bits per heavy atom. The fourth-order valence-electron chi connectivity index (χ4n) is 3.15. The van der Waals surface area contributed by atoms with Crippen LogP contribution in [-0.2, 0) is 6.42 Å². The van der Waals surface area contributed by atoms with E-state index in [9.17, 15) is 0 Å². The molecule has 0 aliphatic carbocycles. The minimum absolute atomic E-state index is 0. The van der Waals surface area contributed by atoms with E-state index in [1.807, 2.05) is 0 Å². The van der Waals surface area contributed by atoms with Gasteiger partial charge in [-0.1, -0.05) is 12.1 Å². The molecule has 1 aliphatic rings. The first-order valence-corrected chi connectivity index (χ1v) is 7.89. The molecule has 2 aromatic rings. The van der Waals surface area contributed by atoms with Gasteiger partial charge in [0.15, 0.2) is 11.5 Å². The van der Waals surface area contributed by atoms with E-state index >= 15 is 0 Å². The van der Waals surface area contributed by atoms with Gasteiger partial charge < -0.3 is 19.7 Å². The van der Waals surface area contributed by atoms with Gasteiger partial charge in [0.2, 0.25) is 0 Å². The van der Waals surface area contributed by atoms with Crippen molar-refractivity contribution in [2.75, 3.05) is 39.8 Å². The summed E-state index contributed by atoms with van der Waals surface area (Å²) < 4.78 is 10.9. The Balaban J connectivity index is 0.00000208. The molecule has 0 aromatic heterocycles. The van der Waals surface area contributed by atoms with Crippen molar-refractivity contribution in [3.05, 3.63) is 53.1 Å². The first-order valence-electron chi connectivity index (χ1n) is 7.89. The number of ether oxygens (including phenoxy) is 2. The third-order valence-corrected chi connectivity index (χ3v) is 4.44. The molecule has 0 bridgehead atoms. The fourth-order valence-corrected chi connectivity index (χ4v) is 3.15. The van der Waals surface area contributed by atoms with Gasteiger partial charge in [-0.3, -0.25) is 0 Å². The molecule has 24 heavy (non-hydrogen) atoms. The van der Waals surface area contributed by atoms with E-state index in [-0.39, 0.29) is 18.4 Å². The van der Waals surface area contributed by atoms with Crippen molar-refractivity contribution in [2.24, 2.45) is 0 Å². The van der Waals surface area contributed by atoms with Crippen LogP contribution in [0.4, 0.5) is 5.69 Å². The van der Waals surface area contributed by atoms with Crippen molar-refractivity contribution < 1.29 is 9.47 Å². The van der Waals surface area contributed by atoms with E-state index in [2.05, 4.69) is 60.7 Å². The lowest BCUT2D eigenvalue weighted by Crippen LogP contribution is -2.30. The molecule has 1 heterocycles. The molecule has 0 radical (unpaired) electrons. The van der Waals surface area contributed by atoms with Crippen molar-refractivity contribution in [1.82, 2.24) is 5.32 Å². The monoisotopic (exact) mass is 348 g/mol. The van der Waals surface area contributed by atoms with Gasteiger partial charge in [-0.05, 0) is 47.4 Å². The maximum Gasteiger partial charge on any atom is 0.161 e. The lowest BCUT2D eigenvalue weighted by atomic mass is 9.89. The average Bonchev–Trinajstić information content (AvgIpc) is 2.60. The zero-order valence-electron chi connectivity index (χ0n) is 14.6. The molecule has 3 rings (SSSR count). The molecule has 0 fully saturated rings. The molecule has 0 saturated heterocycles. The Bertz CT molecular complexity index is 687. The van der Waals surface area contributed by atoms with Gasteiger partial charge in [-0.2, -0.15) is 0 Å². The molecular formula is C19H25ClN2O2. The maximum absolute atomic E-state index is 5.48. The number of halogens is 1. The summed E-state index contributed by atoms with van der Waals surface area (Å²) in [6.45, 7) is 0.961. The van der Waals surface area contributed by atoms with Crippen molar-refractivity contribution in [2.45, 2.75) is 12.5 Å². The summed E-state index contributed by atoms with van der Waals surface area (Å²) in [5.74, 6) is 1.58. The van der Waals surface area contributed by atoms with E-state index in [1.54, 1.807) is 14.2 Å². The van der Waals surface area contributed by atoms with Crippen LogP contribution in [0.25, 0.3) is 0 Å². The minimum atomic E-state index is 0. The van der Waals surface area contributed by atoms with Gasteiger partial charge in [0.05, 0.1) is 20.3 Å². The second-order valence-corrected chi connectivity index (χ2v) is 6.03. The van der Waals surface area contributed by atoms with Crippen molar-refractivity contribution in [1.29, 1.82) is 0 Å². The number of nitrogens with one attached hydrogen (secondary N) is 1. The molecule has 1 aliphatic heterocycles. The third-order valence-electron chi connectivity index (χ3n) is 4.44. The van der Waals surface area contributed by atoms with Crippen molar-refractivity contribution in [3.63, 3.8) is 0 Å². The summed E-state index contributed by atoms with van der Waals surface area (Å²) in [4.78, 5) is 2.11. The van der Waals surface area contributed by atoms with Crippen LogP contribution < -0.4 is 19.7 Å². The van der Waals surface area contributed by atoms with Gasteiger partial charge in [0, 0.05) is 26.3 Å². The second kappa shape index (κ2) is 7.77. The molecule has 0 saturated carbocycles. The summed E-state index contributed by atoms with van der Waals surface area (Å²) >= 11 is 0. The third kappa shape index (κ3) is 3.45. The number of nitrogens with zero attached hydrogens (tertiary/aromatic N) is 1. The highest BCUT2D eigenvalue weighted by atomic mass is 35.5. The first kappa shape index (κ1) is 18.4. The Morgan fingerprint density at radius 1 is 1.00 bits per heavy atom. The number of benzene rings is 2. The lowest BCUT2D eigenvalue weighted by Gasteiger charge is -2.29. The molecule has 1 N–H and O–H groups in total. The molecular weight excluding hydrogens is 324 g/mol. The topological polar surface area (TPSA) is 33.7 Å². The van der Waals surface area contributed by atoms with Crippen molar-refractivity contribution in [3.8, 4) is 11.5 Å². The Kier molecular flexibility index (Phi) is 5.97. The highest BCUT2D eigenvalue weighted by Gasteiger charge is 2.23. The van der Waals surface area contributed by atoms with E-state index in [0.717, 1.165) is 24.5 Å². The van der Waals surface area contributed by atoms with Crippen LogP contribution >= 0.6 is 12.4 Å². The average molecular weight is 349 g/mol. The fraction of sp³-hybridized carbons (Fsp3) is 0.368. The normalized spacial score (nSPS) is 15.9. The molecule has 1 atom stereocenters. The number of rotatable bonds is 4. The van der Waals surface area contributed by atoms with E-state index in [0.29, 0.717) is 0 Å². The SMILES string of the molecule is COc1cc2c(cc1OC)C(c1ccc(N(C)C)cc1)NCC2.Cl. The van der Waals surface area contributed by atoms with Gasteiger partial charge in [-0.15, -0.1) is 12.4 Å². The second-order valence-electron chi connectivity index (χ2n) is 6.03. The molecule has 130 valence electrons. The van der Waals surface area contributed by atoms with Crippen LogP contribution in [0, 0.1) is 0 Å². The van der Waals surface area contributed by atoms with Crippen molar-refractivity contribution >= 4 is 18.1 Å². The van der Waals surface area contributed by atoms with Gasteiger partial charge in [-0.25, -0.2) is 0 Å².